The molecule has 2 atom stereocenters. The van der Waals surface area contributed by atoms with Crippen LogP contribution in [0.15, 0.2) is 53.1 Å². The fourth-order valence-corrected chi connectivity index (χ4v) is 4.44. The largest absolute Gasteiger partial charge is 0.468 e. The number of hydrogen-bond acceptors (Lipinski definition) is 3. The third-order valence-electron chi connectivity index (χ3n) is 5.69. The van der Waals surface area contributed by atoms with E-state index < -0.39 is 0 Å². The highest BCUT2D eigenvalue weighted by atomic mass is 16.3. The lowest BCUT2D eigenvalue weighted by Crippen LogP contribution is -2.54. The Hall–Kier alpha value is -1.58. The smallest absolute Gasteiger partial charge is 0.117 e. The SMILES string of the molecule is CN1CC[C@]2(c3ccccc3)CCN(Cc3ccco3)C[C@H]12. The number of benzene rings is 1. The maximum atomic E-state index is 5.53. The number of piperidine rings is 1. The summed E-state index contributed by atoms with van der Waals surface area (Å²) in [6, 6.07) is 15.8. The van der Waals surface area contributed by atoms with Gasteiger partial charge in [0.1, 0.15) is 5.76 Å². The predicted molar refractivity (Wildman–Crippen MR) is 87.8 cm³/mol. The van der Waals surface area contributed by atoms with Crippen LogP contribution in [-0.2, 0) is 12.0 Å². The van der Waals surface area contributed by atoms with E-state index in [9.17, 15) is 0 Å². The van der Waals surface area contributed by atoms with E-state index in [-0.39, 0.29) is 0 Å². The monoisotopic (exact) mass is 296 g/mol. The molecule has 0 spiro atoms. The van der Waals surface area contributed by atoms with Crippen molar-refractivity contribution in [2.75, 3.05) is 26.7 Å². The molecule has 22 heavy (non-hydrogen) atoms. The molecule has 0 aliphatic carbocycles. The van der Waals surface area contributed by atoms with E-state index in [1.165, 1.54) is 24.9 Å². The Bertz CT molecular complexity index is 610. The number of furan rings is 1. The van der Waals surface area contributed by atoms with Crippen LogP contribution in [0.25, 0.3) is 0 Å². The lowest BCUT2D eigenvalue weighted by atomic mass is 9.69. The first-order chi connectivity index (χ1) is 10.8. The lowest BCUT2D eigenvalue weighted by molar-refractivity contribution is 0.0868. The van der Waals surface area contributed by atoms with Crippen LogP contribution in [0.2, 0.25) is 0 Å². The second-order valence-electron chi connectivity index (χ2n) is 6.83. The van der Waals surface area contributed by atoms with Crippen molar-refractivity contribution in [1.82, 2.24) is 9.80 Å². The fraction of sp³-hybridized carbons (Fsp3) is 0.474. The molecule has 3 nitrogen and oxygen atoms in total. The van der Waals surface area contributed by atoms with Gasteiger partial charge in [0.15, 0.2) is 0 Å². The van der Waals surface area contributed by atoms with Crippen molar-refractivity contribution < 1.29 is 4.42 Å². The van der Waals surface area contributed by atoms with Gasteiger partial charge in [-0.3, -0.25) is 4.90 Å². The van der Waals surface area contributed by atoms with Crippen molar-refractivity contribution >= 4 is 0 Å². The highest BCUT2D eigenvalue weighted by Gasteiger charge is 2.49. The highest BCUT2D eigenvalue weighted by Crippen LogP contribution is 2.45. The summed E-state index contributed by atoms with van der Waals surface area (Å²) in [5, 5.41) is 0. The highest BCUT2D eigenvalue weighted by molar-refractivity contribution is 5.31. The Balaban J connectivity index is 1.57. The molecular formula is C19H24N2O. The number of fused-ring (bicyclic) bond motifs is 1. The van der Waals surface area contributed by atoms with E-state index >= 15 is 0 Å². The molecule has 2 aliphatic rings. The third kappa shape index (κ3) is 2.29. The summed E-state index contributed by atoms with van der Waals surface area (Å²) in [5.74, 6) is 1.08. The molecule has 4 rings (SSSR count). The van der Waals surface area contributed by atoms with Crippen LogP contribution in [0.3, 0.4) is 0 Å². The summed E-state index contributed by atoms with van der Waals surface area (Å²) in [4.78, 5) is 5.10. The summed E-state index contributed by atoms with van der Waals surface area (Å²) in [7, 11) is 2.28. The first-order valence-electron chi connectivity index (χ1n) is 8.28. The van der Waals surface area contributed by atoms with Crippen molar-refractivity contribution in [3.05, 3.63) is 60.1 Å². The molecule has 0 radical (unpaired) electrons. The average Bonchev–Trinajstić information content (AvgIpc) is 3.18. The van der Waals surface area contributed by atoms with Gasteiger partial charge in [-0.25, -0.2) is 0 Å². The summed E-state index contributed by atoms with van der Waals surface area (Å²) in [6.45, 7) is 4.42. The Morgan fingerprint density at radius 1 is 1.09 bits per heavy atom. The Morgan fingerprint density at radius 2 is 1.91 bits per heavy atom. The topological polar surface area (TPSA) is 19.6 Å². The van der Waals surface area contributed by atoms with Crippen LogP contribution in [0.5, 0.6) is 0 Å². The predicted octanol–water partition coefficient (Wildman–Crippen LogP) is 3.13. The summed E-state index contributed by atoms with van der Waals surface area (Å²) in [6.07, 6.45) is 4.30. The summed E-state index contributed by atoms with van der Waals surface area (Å²) in [5.41, 5.74) is 1.87. The van der Waals surface area contributed by atoms with Gasteiger partial charge in [-0.05, 0) is 50.7 Å². The number of likely N-dealkylation sites (tertiary alicyclic amines) is 2. The van der Waals surface area contributed by atoms with E-state index in [4.69, 9.17) is 4.42 Å². The zero-order valence-electron chi connectivity index (χ0n) is 13.2. The number of nitrogens with zero attached hydrogens (tertiary/aromatic N) is 2. The quantitative estimate of drug-likeness (QED) is 0.867. The van der Waals surface area contributed by atoms with Crippen molar-refractivity contribution in [3.8, 4) is 0 Å². The molecule has 3 heterocycles. The van der Waals surface area contributed by atoms with Crippen LogP contribution < -0.4 is 0 Å². The maximum absolute atomic E-state index is 5.53. The third-order valence-corrected chi connectivity index (χ3v) is 5.69. The van der Waals surface area contributed by atoms with Crippen molar-refractivity contribution in [3.63, 3.8) is 0 Å². The van der Waals surface area contributed by atoms with Crippen LogP contribution in [0.4, 0.5) is 0 Å². The van der Waals surface area contributed by atoms with Gasteiger partial charge < -0.3 is 9.32 Å². The van der Waals surface area contributed by atoms with Crippen molar-refractivity contribution in [1.29, 1.82) is 0 Å². The second-order valence-corrected chi connectivity index (χ2v) is 6.83. The maximum Gasteiger partial charge on any atom is 0.117 e. The van der Waals surface area contributed by atoms with Crippen LogP contribution in [0, 0.1) is 0 Å². The second kappa shape index (κ2) is 5.56. The molecule has 0 N–H and O–H groups in total. The lowest BCUT2D eigenvalue weighted by Gasteiger charge is -2.46. The molecule has 3 heteroatoms. The van der Waals surface area contributed by atoms with E-state index in [0.29, 0.717) is 11.5 Å². The molecule has 0 bridgehead atoms. The van der Waals surface area contributed by atoms with Gasteiger partial charge in [0.25, 0.3) is 0 Å². The molecule has 0 amide bonds. The number of rotatable bonds is 3. The van der Waals surface area contributed by atoms with E-state index in [0.717, 1.165) is 25.4 Å². The van der Waals surface area contributed by atoms with E-state index in [2.05, 4.69) is 53.2 Å². The Kier molecular flexibility index (Phi) is 3.55. The molecule has 1 aromatic heterocycles. The normalized spacial score (nSPS) is 29.6. The minimum absolute atomic E-state index is 0.343. The minimum atomic E-state index is 0.343. The number of likely N-dealkylation sites (N-methyl/N-ethyl adjacent to an activating group) is 1. The van der Waals surface area contributed by atoms with Gasteiger partial charge in [-0.15, -0.1) is 0 Å². The summed E-state index contributed by atoms with van der Waals surface area (Å²) < 4.78 is 5.53. The molecular weight excluding hydrogens is 272 g/mol. The van der Waals surface area contributed by atoms with E-state index in [1.54, 1.807) is 6.26 Å². The molecule has 2 aromatic rings. The molecule has 1 aromatic carbocycles. The van der Waals surface area contributed by atoms with Gasteiger partial charge in [0.05, 0.1) is 12.8 Å². The van der Waals surface area contributed by atoms with E-state index in [1.807, 2.05) is 6.07 Å². The molecule has 0 unspecified atom stereocenters. The van der Waals surface area contributed by atoms with Gasteiger partial charge in [0, 0.05) is 18.0 Å². The van der Waals surface area contributed by atoms with Crippen molar-refractivity contribution in [2.45, 2.75) is 30.8 Å². The first-order valence-corrected chi connectivity index (χ1v) is 8.28. The standard InChI is InChI=1S/C19H24N2O/c1-20-11-9-19(16-6-3-2-4-7-16)10-12-21(15-18(19)20)14-17-8-5-13-22-17/h2-8,13,18H,9-12,14-15H2,1H3/t18-,19+/m0/s1. The molecule has 2 saturated heterocycles. The van der Waals surface area contributed by atoms with Crippen molar-refractivity contribution in [2.24, 2.45) is 0 Å². The zero-order valence-corrected chi connectivity index (χ0v) is 13.2. The van der Waals surface area contributed by atoms with Gasteiger partial charge in [-0.1, -0.05) is 30.3 Å². The summed E-state index contributed by atoms with van der Waals surface area (Å²) >= 11 is 0. The van der Waals surface area contributed by atoms with Gasteiger partial charge in [0.2, 0.25) is 0 Å². The first kappa shape index (κ1) is 14.0. The molecule has 2 fully saturated rings. The molecule has 2 aliphatic heterocycles. The average molecular weight is 296 g/mol. The van der Waals surface area contributed by atoms with Crippen LogP contribution >= 0.6 is 0 Å². The molecule has 116 valence electrons. The van der Waals surface area contributed by atoms with Gasteiger partial charge >= 0.3 is 0 Å². The number of hydrogen-bond donors (Lipinski definition) is 0. The fourth-order valence-electron chi connectivity index (χ4n) is 4.44. The van der Waals surface area contributed by atoms with Gasteiger partial charge in [-0.2, -0.15) is 0 Å². The minimum Gasteiger partial charge on any atom is -0.468 e. The zero-order chi connectivity index (χ0) is 15.0. The van der Waals surface area contributed by atoms with Crippen LogP contribution in [-0.4, -0.2) is 42.5 Å². The molecule has 0 saturated carbocycles. The Morgan fingerprint density at radius 3 is 2.68 bits per heavy atom. The van der Waals surface area contributed by atoms with Crippen LogP contribution in [0.1, 0.15) is 24.2 Å². The Labute approximate surface area is 132 Å².